The highest BCUT2D eigenvalue weighted by Crippen LogP contribution is 2.22. The highest BCUT2D eigenvalue weighted by atomic mass is 35.5. The predicted octanol–water partition coefficient (Wildman–Crippen LogP) is 5.09. The maximum absolute atomic E-state index is 12.3. The van der Waals surface area contributed by atoms with Crippen molar-refractivity contribution in [2.45, 2.75) is 20.5 Å². The number of rotatable bonds is 6. The van der Waals surface area contributed by atoms with Gasteiger partial charge in [-0.05, 0) is 67.4 Å². The number of aryl methyl sites for hydroxylation is 1. The lowest BCUT2D eigenvalue weighted by atomic mass is 10.1. The number of nitrogens with one attached hydrogen (secondary N) is 1. The van der Waals surface area contributed by atoms with E-state index < -0.39 is 0 Å². The number of phenolic OH excluding ortho intramolecular Hbond substituents is 1. The number of phenols is 1. The van der Waals surface area contributed by atoms with Gasteiger partial charge in [0.15, 0.2) is 0 Å². The van der Waals surface area contributed by atoms with E-state index in [9.17, 15) is 9.90 Å². The molecule has 0 saturated carbocycles. The predicted molar refractivity (Wildman–Crippen MR) is 115 cm³/mol. The van der Waals surface area contributed by atoms with E-state index in [0.29, 0.717) is 28.5 Å². The Hall–Kier alpha value is -3.31. The van der Waals surface area contributed by atoms with Crippen molar-refractivity contribution in [1.29, 1.82) is 0 Å². The van der Waals surface area contributed by atoms with Gasteiger partial charge in [0.1, 0.15) is 18.1 Å². The third-order valence-corrected chi connectivity index (χ3v) is 4.79. The molecule has 3 rings (SSSR count). The molecule has 3 aromatic carbocycles. The smallest absolute Gasteiger partial charge is 0.271 e. The Morgan fingerprint density at radius 3 is 2.52 bits per heavy atom. The van der Waals surface area contributed by atoms with E-state index in [2.05, 4.69) is 10.5 Å². The zero-order valence-corrected chi connectivity index (χ0v) is 16.9. The lowest BCUT2D eigenvalue weighted by Crippen LogP contribution is -2.19. The van der Waals surface area contributed by atoms with Crippen LogP contribution < -0.4 is 10.2 Å². The first-order chi connectivity index (χ1) is 13.9. The van der Waals surface area contributed by atoms with Gasteiger partial charge < -0.3 is 9.84 Å². The van der Waals surface area contributed by atoms with E-state index in [4.69, 9.17) is 16.3 Å². The van der Waals surface area contributed by atoms with Gasteiger partial charge in [0, 0.05) is 16.1 Å². The quantitative estimate of drug-likeness (QED) is 0.441. The van der Waals surface area contributed by atoms with E-state index >= 15 is 0 Å². The average molecular weight is 409 g/mol. The molecular formula is C23H21ClN2O3. The van der Waals surface area contributed by atoms with Crippen LogP contribution in [0.3, 0.4) is 0 Å². The molecule has 0 saturated heterocycles. The fourth-order valence-electron chi connectivity index (χ4n) is 2.66. The van der Waals surface area contributed by atoms with Gasteiger partial charge in [0.25, 0.3) is 5.91 Å². The number of hydrazone groups is 1. The van der Waals surface area contributed by atoms with Crippen molar-refractivity contribution in [3.8, 4) is 11.5 Å². The molecule has 0 unspecified atom stereocenters. The fraction of sp³-hybridized carbons (Fsp3) is 0.130. The van der Waals surface area contributed by atoms with Crippen LogP contribution in [0.5, 0.6) is 11.5 Å². The molecule has 6 heteroatoms. The Morgan fingerprint density at radius 2 is 1.83 bits per heavy atom. The van der Waals surface area contributed by atoms with Crippen molar-refractivity contribution < 1.29 is 14.6 Å². The second-order valence-electron chi connectivity index (χ2n) is 6.55. The highest BCUT2D eigenvalue weighted by molar-refractivity contribution is 6.31. The third-order valence-electron chi connectivity index (χ3n) is 4.37. The van der Waals surface area contributed by atoms with Crippen molar-refractivity contribution in [3.05, 3.63) is 94.0 Å². The number of para-hydroxylation sites is 1. The topological polar surface area (TPSA) is 70.9 Å². The number of ether oxygens (including phenoxy) is 1. The van der Waals surface area contributed by atoms with Gasteiger partial charge in [-0.25, -0.2) is 5.43 Å². The monoisotopic (exact) mass is 408 g/mol. The molecule has 5 nitrogen and oxygen atoms in total. The third kappa shape index (κ3) is 5.36. The van der Waals surface area contributed by atoms with Gasteiger partial charge in [-0.3, -0.25) is 4.79 Å². The molecule has 0 bridgehead atoms. The second-order valence-corrected chi connectivity index (χ2v) is 6.96. The number of nitrogens with zero attached hydrogens (tertiary/aromatic N) is 1. The van der Waals surface area contributed by atoms with Gasteiger partial charge in [-0.1, -0.05) is 35.9 Å². The molecule has 0 heterocycles. The molecule has 148 valence electrons. The summed E-state index contributed by atoms with van der Waals surface area (Å²) in [6.07, 6.45) is 0. The summed E-state index contributed by atoms with van der Waals surface area (Å²) >= 11 is 6.02. The minimum atomic E-state index is -0.333. The SMILES string of the molecule is C/C(=N\NC(=O)c1ccc(COc2ccc(Cl)c(C)c2)cc1)c1ccccc1O. The van der Waals surface area contributed by atoms with Gasteiger partial charge in [0.2, 0.25) is 0 Å². The van der Waals surface area contributed by atoms with Crippen molar-refractivity contribution in [2.24, 2.45) is 5.10 Å². The first-order valence-corrected chi connectivity index (χ1v) is 9.42. The molecule has 0 fully saturated rings. The molecule has 1 amide bonds. The Morgan fingerprint density at radius 1 is 1.10 bits per heavy atom. The number of hydrogen-bond donors (Lipinski definition) is 2. The summed E-state index contributed by atoms with van der Waals surface area (Å²) in [4.78, 5) is 12.3. The molecule has 0 atom stereocenters. The summed E-state index contributed by atoms with van der Waals surface area (Å²) in [6, 6.07) is 19.4. The summed E-state index contributed by atoms with van der Waals surface area (Å²) < 4.78 is 5.76. The van der Waals surface area contributed by atoms with Crippen LogP contribution >= 0.6 is 11.6 Å². The first-order valence-electron chi connectivity index (χ1n) is 9.05. The summed E-state index contributed by atoms with van der Waals surface area (Å²) in [6.45, 7) is 4.02. The summed E-state index contributed by atoms with van der Waals surface area (Å²) in [5.41, 5.74) is 5.95. The van der Waals surface area contributed by atoms with Crippen LogP contribution in [-0.4, -0.2) is 16.7 Å². The summed E-state index contributed by atoms with van der Waals surface area (Å²) in [7, 11) is 0. The lowest BCUT2D eigenvalue weighted by molar-refractivity contribution is 0.0954. The zero-order valence-electron chi connectivity index (χ0n) is 16.1. The zero-order chi connectivity index (χ0) is 20.8. The Kier molecular flexibility index (Phi) is 6.52. The van der Waals surface area contributed by atoms with Gasteiger partial charge in [-0.15, -0.1) is 0 Å². The number of aromatic hydroxyl groups is 1. The molecule has 0 aliphatic heterocycles. The number of halogens is 1. The van der Waals surface area contributed by atoms with E-state index in [0.717, 1.165) is 16.9 Å². The first kappa shape index (κ1) is 20.4. The summed E-state index contributed by atoms with van der Waals surface area (Å²) in [5, 5.41) is 14.6. The number of amides is 1. The molecule has 3 aromatic rings. The standard InChI is InChI=1S/C23H21ClN2O3/c1-15-13-19(11-12-21(15)24)29-14-17-7-9-18(10-8-17)23(28)26-25-16(2)20-5-3-4-6-22(20)27/h3-13,27H,14H2,1-2H3,(H,26,28)/b25-16+. The molecule has 2 N–H and O–H groups in total. The normalized spacial score (nSPS) is 11.2. The Balaban J connectivity index is 1.59. The number of carbonyl (C=O) groups excluding carboxylic acids is 1. The fourth-order valence-corrected chi connectivity index (χ4v) is 2.78. The highest BCUT2D eigenvalue weighted by Gasteiger charge is 2.07. The Labute approximate surface area is 174 Å². The molecule has 0 spiro atoms. The minimum absolute atomic E-state index is 0.114. The van der Waals surface area contributed by atoms with E-state index in [1.807, 2.05) is 31.2 Å². The lowest BCUT2D eigenvalue weighted by Gasteiger charge is -2.09. The van der Waals surface area contributed by atoms with Crippen molar-refractivity contribution in [1.82, 2.24) is 5.43 Å². The number of benzene rings is 3. The van der Waals surface area contributed by atoms with E-state index in [1.165, 1.54) is 0 Å². The molecule has 0 aromatic heterocycles. The van der Waals surface area contributed by atoms with Crippen LogP contribution in [0, 0.1) is 6.92 Å². The van der Waals surface area contributed by atoms with Crippen LogP contribution in [0.2, 0.25) is 5.02 Å². The van der Waals surface area contributed by atoms with E-state index in [1.54, 1.807) is 49.4 Å². The van der Waals surface area contributed by atoms with Crippen LogP contribution in [0.1, 0.15) is 34.0 Å². The number of carbonyl (C=O) groups is 1. The van der Waals surface area contributed by atoms with Crippen LogP contribution in [0.4, 0.5) is 0 Å². The van der Waals surface area contributed by atoms with Crippen molar-refractivity contribution in [3.63, 3.8) is 0 Å². The van der Waals surface area contributed by atoms with Crippen molar-refractivity contribution in [2.75, 3.05) is 0 Å². The van der Waals surface area contributed by atoms with Crippen LogP contribution in [0.25, 0.3) is 0 Å². The van der Waals surface area contributed by atoms with Crippen molar-refractivity contribution >= 4 is 23.2 Å². The maximum Gasteiger partial charge on any atom is 0.271 e. The largest absolute Gasteiger partial charge is 0.507 e. The maximum atomic E-state index is 12.3. The van der Waals surface area contributed by atoms with E-state index in [-0.39, 0.29) is 11.7 Å². The molecule has 29 heavy (non-hydrogen) atoms. The van der Waals surface area contributed by atoms with Gasteiger partial charge >= 0.3 is 0 Å². The molecular weight excluding hydrogens is 388 g/mol. The van der Waals surface area contributed by atoms with Gasteiger partial charge in [0.05, 0.1) is 5.71 Å². The second kappa shape index (κ2) is 9.26. The van der Waals surface area contributed by atoms with Gasteiger partial charge in [-0.2, -0.15) is 5.10 Å². The average Bonchev–Trinajstić information content (AvgIpc) is 2.73. The summed E-state index contributed by atoms with van der Waals surface area (Å²) in [5.74, 6) is 0.520. The number of hydrogen-bond acceptors (Lipinski definition) is 4. The molecule has 0 aliphatic carbocycles. The minimum Gasteiger partial charge on any atom is -0.507 e. The molecule has 0 aliphatic rings. The van der Waals surface area contributed by atoms with Crippen LogP contribution in [0.15, 0.2) is 71.8 Å². The van der Waals surface area contributed by atoms with Crippen LogP contribution in [-0.2, 0) is 6.61 Å². The Bertz CT molecular complexity index is 1050. The molecule has 0 radical (unpaired) electrons.